The van der Waals surface area contributed by atoms with Crippen molar-refractivity contribution in [1.82, 2.24) is 14.7 Å². The number of carbonyl (C=O) groups excluding carboxylic acids is 3. The maximum Gasteiger partial charge on any atom is 0.317 e. The fourth-order valence-electron chi connectivity index (χ4n) is 2.82. The quantitative estimate of drug-likeness (QED) is 0.781. The molecule has 1 aliphatic rings. The molecule has 0 spiro atoms. The molecular weight excluding hydrogens is 338 g/mol. The summed E-state index contributed by atoms with van der Waals surface area (Å²) in [5, 5.41) is 8.80. The molecule has 138 valence electrons. The molecule has 0 saturated heterocycles. The Bertz CT molecular complexity index is 813. The summed E-state index contributed by atoms with van der Waals surface area (Å²) in [6, 6.07) is 6.47. The number of fused-ring (bicyclic) bond motifs is 1. The number of aliphatic carboxylic acids is 1. The molecule has 0 atom stereocenters. The number of nitrogens with zero attached hydrogens (tertiary/aromatic N) is 3. The lowest BCUT2D eigenvalue weighted by Crippen LogP contribution is -2.43. The van der Waals surface area contributed by atoms with Crippen molar-refractivity contribution in [1.29, 1.82) is 0 Å². The Morgan fingerprint density at radius 3 is 1.85 bits per heavy atom. The molecule has 26 heavy (non-hydrogen) atoms. The summed E-state index contributed by atoms with van der Waals surface area (Å²) in [6.07, 6.45) is 0. The van der Waals surface area contributed by atoms with E-state index in [2.05, 4.69) is 0 Å². The monoisotopic (exact) mass is 359 g/mol. The molecule has 8 heteroatoms. The van der Waals surface area contributed by atoms with Crippen molar-refractivity contribution in [2.75, 3.05) is 41.3 Å². The number of likely N-dealkylation sites (N-methyl/N-ethyl adjacent to an activating group) is 3. The lowest BCUT2D eigenvalue weighted by molar-refractivity contribution is -0.138. The maximum atomic E-state index is 12.9. The predicted octanol–water partition coefficient (Wildman–Crippen LogP) is 0.314. The van der Waals surface area contributed by atoms with Crippen LogP contribution in [0.2, 0.25) is 0 Å². The molecule has 0 aliphatic heterocycles. The lowest BCUT2D eigenvalue weighted by atomic mass is 9.89. The highest BCUT2D eigenvalue weighted by atomic mass is 16.4. The third kappa shape index (κ3) is 3.65. The summed E-state index contributed by atoms with van der Waals surface area (Å²) in [5.74, 6) is -2.29. The van der Waals surface area contributed by atoms with E-state index in [0.717, 1.165) is 4.90 Å². The van der Waals surface area contributed by atoms with Crippen molar-refractivity contribution in [2.45, 2.75) is 0 Å². The SMILES string of the molecule is CN(CC(=O)O)CC(=O)N(C)C1=C(N(C)C)C(=O)c2ccccc2C1=O. The zero-order valence-electron chi connectivity index (χ0n) is 15.1. The molecule has 2 rings (SSSR count). The van der Waals surface area contributed by atoms with E-state index in [1.54, 1.807) is 38.4 Å². The third-order valence-corrected chi connectivity index (χ3v) is 4.04. The second-order valence-electron chi connectivity index (χ2n) is 6.31. The third-order valence-electron chi connectivity index (χ3n) is 4.04. The van der Waals surface area contributed by atoms with Crippen LogP contribution in [0.15, 0.2) is 35.7 Å². The number of carboxylic acid groups (broad SMARTS) is 1. The first-order valence-corrected chi connectivity index (χ1v) is 7.92. The maximum absolute atomic E-state index is 12.9. The molecule has 1 aromatic rings. The average molecular weight is 359 g/mol. The first-order valence-electron chi connectivity index (χ1n) is 7.92. The number of hydrogen-bond acceptors (Lipinski definition) is 6. The summed E-state index contributed by atoms with van der Waals surface area (Å²) in [5.41, 5.74) is 0.670. The van der Waals surface area contributed by atoms with Crippen molar-refractivity contribution in [3.8, 4) is 0 Å². The first-order chi connectivity index (χ1) is 12.1. The molecule has 0 unspecified atom stereocenters. The topological polar surface area (TPSA) is 98.2 Å². The highest BCUT2D eigenvalue weighted by Crippen LogP contribution is 2.28. The normalized spacial score (nSPS) is 13.7. The molecule has 1 amide bonds. The zero-order chi connectivity index (χ0) is 19.6. The summed E-state index contributed by atoms with van der Waals surface area (Å²) >= 11 is 0. The number of amides is 1. The fourth-order valence-corrected chi connectivity index (χ4v) is 2.82. The van der Waals surface area contributed by atoms with E-state index in [1.165, 1.54) is 23.9 Å². The molecule has 1 aliphatic carbocycles. The molecule has 1 aromatic carbocycles. The minimum Gasteiger partial charge on any atom is -0.480 e. The van der Waals surface area contributed by atoms with Gasteiger partial charge in [0.25, 0.3) is 0 Å². The molecule has 1 N–H and O–H groups in total. The van der Waals surface area contributed by atoms with Gasteiger partial charge in [0.2, 0.25) is 17.5 Å². The van der Waals surface area contributed by atoms with Gasteiger partial charge >= 0.3 is 5.97 Å². The number of benzene rings is 1. The Kier molecular flexibility index (Phi) is 5.56. The highest BCUT2D eigenvalue weighted by Gasteiger charge is 2.36. The van der Waals surface area contributed by atoms with Crippen LogP contribution in [0.1, 0.15) is 20.7 Å². The van der Waals surface area contributed by atoms with E-state index in [4.69, 9.17) is 5.11 Å². The van der Waals surface area contributed by atoms with Crippen LogP contribution in [-0.4, -0.2) is 84.5 Å². The highest BCUT2D eigenvalue weighted by molar-refractivity contribution is 6.27. The van der Waals surface area contributed by atoms with Crippen LogP contribution < -0.4 is 0 Å². The Balaban J connectivity index is 2.42. The van der Waals surface area contributed by atoms with E-state index in [-0.39, 0.29) is 35.8 Å². The number of ketones is 2. The van der Waals surface area contributed by atoms with Gasteiger partial charge in [-0.1, -0.05) is 24.3 Å². The van der Waals surface area contributed by atoms with E-state index >= 15 is 0 Å². The van der Waals surface area contributed by atoms with Crippen LogP contribution in [-0.2, 0) is 9.59 Å². The van der Waals surface area contributed by atoms with Crippen LogP contribution >= 0.6 is 0 Å². The van der Waals surface area contributed by atoms with Gasteiger partial charge in [0.15, 0.2) is 0 Å². The zero-order valence-corrected chi connectivity index (χ0v) is 15.1. The van der Waals surface area contributed by atoms with E-state index in [9.17, 15) is 19.2 Å². The van der Waals surface area contributed by atoms with Gasteiger partial charge < -0.3 is 14.9 Å². The summed E-state index contributed by atoms with van der Waals surface area (Å²) < 4.78 is 0. The molecule has 0 saturated carbocycles. The second-order valence-corrected chi connectivity index (χ2v) is 6.31. The Morgan fingerprint density at radius 1 is 0.885 bits per heavy atom. The number of carboxylic acids is 1. The van der Waals surface area contributed by atoms with Gasteiger partial charge in [-0.2, -0.15) is 0 Å². The standard InChI is InChI=1S/C18H21N3O5/c1-19(2)15-16(21(4)13(22)9-20(3)10-14(23)24)18(26)12-8-6-5-7-11(12)17(15)25/h5-8H,9-10H2,1-4H3,(H,23,24). The first kappa shape index (κ1) is 19.3. The molecule has 0 aromatic heterocycles. The van der Waals surface area contributed by atoms with Crippen molar-refractivity contribution in [3.05, 3.63) is 46.8 Å². The Labute approximate surface area is 151 Å². The number of rotatable bonds is 6. The largest absolute Gasteiger partial charge is 0.480 e. The van der Waals surface area contributed by atoms with E-state index < -0.39 is 17.7 Å². The van der Waals surface area contributed by atoms with Gasteiger partial charge in [-0.3, -0.25) is 24.1 Å². The molecule has 0 bridgehead atoms. The van der Waals surface area contributed by atoms with Gasteiger partial charge in [0, 0.05) is 32.3 Å². The predicted molar refractivity (Wildman–Crippen MR) is 93.7 cm³/mol. The van der Waals surface area contributed by atoms with Gasteiger partial charge in [-0.25, -0.2) is 0 Å². The van der Waals surface area contributed by atoms with Crippen molar-refractivity contribution >= 4 is 23.4 Å². The smallest absolute Gasteiger partial charge is 0.317 e. The number of Topliss-reactive ketones (excluding diaryl/α,β-unsaturated/α-hetero) is 2. The molecule has 0 radical (unpaired) electrons. The van der Waals surface area contributed by atoms with Crippen molar-refractivity contribution < 1.29 is 24.3 Å². The minimum atomic E-state index is -1.06. The van der Waals surface area contributed by atoms with Crippen LogP contribution in [0, 0.1) is 0 Å². The van der Waals surface area contributed by atoms with Crippen LogP contribution in [0.4, 0.5) is 0 Å². The summed E-state index contributed by atoms with van der Waals surface area (Å²) in [6.45, 7) is -0.509. The fraction of sp³-hybridized carbons (Fsp3) is 0.333. The average Bonchev–Trinajstić information content (AvgIpc) is 2.56. The van der Waals surface area contributed by atoms with Gasteiger partial charge in [-0.05, 0) is 7.05 Å². The van der Waals surface area contributed by atoms with E-state index in [0.29, 0.717) is 5.56 Å². The molecule has 0 heterocycles. The number of hydrogen-bond donors (Lipinski definition) is 1. The summed E-state index contributed by atoms with van der Waals surface area (Å²) in [4.78, 5) is 53.0. The van der Waals surface area contributed by atoms with Gasteiger partial charge in [-0.15, -0.1) is 0 Å². The van der Waals surface area contributed by atoms with Gasteiger partial charge in [0.1, 0.15) is 11.4 Å². The Hall–Kier alpha value is -3.00. The van der Waals surface area contributed by atoms with Crippen molar-refractivity contribution in [2.24, 2.45) is 0 Å². The van der Waals surface area contributed by atoms with Crippen LogP contribution in [0.3, 0.4) is 0 Å². The van der Waals surface area contributed by atoms with Gasteiger partial charge in [0.05, 0.1) is 13.1 Å². The summed E-state index contributed by atoms with van der Waals surface area (Å²) in [7, 11) is 6.16. The molecule has 8 nitrogen and oxygen atoms in total. The lowest BCUT2D eigenvalue weighted by Gasteiger charge is -2.30. The number of carbonyl (C=O) groups is 4. The van der Waals surface area contributed by atoms with E-state index in [1.807, 2.05) is 0 Å². The van der Waals surface area contributed by atoms with Crippen LogP contribution in [0.25, 0.3) is 0 Å². The molecular formula is C18H21N3O5. The van der Waals surface area contributed by atoms with Crippen LogP contribution in [0.5, 0.6) is 0 Å². The number of allylic oxidation sites excluding steroid dienone is 2. The van der Waals surface area contributed by atoms with Crippen molar-refractivity contribution in [3.63, 3.8) is 0 Å². The minimum absolute atomic E-state index is 0.00701. The molecule has 0 fully saturated rings. The second kappa shape index (κ2) is 7.49. The Morgan fingerprint density at radius 2 is 1.38 bits per heavy atom.